The molecule has 8 heteroatoms. The first-order valence-electron chi connectivity index (χ1n) is 11.4. The Morgan fingerprint density at radius 2 is 1.50 bits per heavy atom. The second kappa shape index (κ2) is 11.2. The zero-order valence-corrected chi connectivity index (χ0v) is 19.9. The fourth-order valence-electron chi connectivity index (χ4n) is 4.21. The number of carboxylic acid groups (broad SMARTS) is 1. The van der Waals surface area contributed by atoms with Crippen molar-refractivity contribution in [1.82, 2.24) is 10.6 Å². The Bertz CT molecular complexity index is 992. The van der Waals surface area contributed by atoms with Crippen LogP contribution in [0.5, 0.6) is 0 Å². The molecule has 1 aliphatic rings. The minimum Gasteiger partial charge on any atom is -0.481 e. The lowest BCUT2D eigenvalue weighted by Gasteiger charge is -2.27. The van der Waals surface area contributed by atoms with Crippen molar-refractivity contribution in [2.45, 2.75) is 51.3 Å². The van der Waals surface area contributed by atoms with E-state index in [-0.39, 0.29) is 24.9 Å². The van der Waals surface area contributed by atoms with Gasteiger partial charge in [0.2, 0.25) is 5.91 Å². The topological polar surface area (TPSA) is 114 Å². The van der Waals surface area contributed by atoms with Crippen LogP contribution in [0, 0.1) is 5.92 Å². The highest BCUT2D eigenvalue weighted by atomic mass is 16.5. The second-order valence-corrected chi connectivity index (χ2v) is 8.85. The lowest BCUT2D eigenvalue weighted by molar-refractivity contribution is -0.138. The zero-order chi connectivity index (χ0) is 24.8. The van der Waals surface area contributed by atoms with Gasteiger partial charge in [-0.15, -0.1) is 0 Å². The van der Waals surface area contributed by atoms with Crippen LogP contribution in [0.1, 0.15) is 44.2 Å². The summed E-state index contributed by atoms with van der Waals surface area (Å²) in [6, 6.07) is 14.4. The van der Waals surface area contributed by atoms with Crippen molar-refractivity contribution in [3.8, 4) is 11.1 Å². The largest absolute Gasteiger partial charge is 0.481 e. The van der Waals surface area contributed by atoms with Gasteiger partial charge in [-0.25, -0.2) is 4.79 Å². The molecular weight excluding hydrogens is 436 g/mol. The molecule has 0 unspecified atom stereocenters. The summed E-state index contributed by atoms with van der Waals surface area (Å²) < 4.78 is 10.8. The van der Waals surface area contributed by atoms with E-state index in [0.29, 0.717) is 0 Å². The van der Waals surface area contributed by atoms with Gasteiger partial charge in [0.1, 0.15) is 12.6 Å². The number of alkyl carbamates (subject to hydrolysis) is 1. The quantitative estimate of drug-likeness (QED) is 0.491. The number of hydrogen-bond acceptors (Lipinski definition) is 5. The molecule has 2 aromatic carbocycles. The third-order valence-electron chi connectivity index (χ3n) is 6.27. The molecule has 2 aromatic rings. The minimum atomic E-state index is -1.05. The predicted octanol–water partition coefficient (Wildman–Crippen LogP) is 3.54. The van der Waals surface area contributed by atoms with Crippen molar-refractivity contribution in [3.63, 3.8) is 0 Å². The number of aliphatic carboxylic acids is 1. The molecule has 0 fully saturated rings. The number of rotatable bonds is 10. The Morgan fingerprint density at radius 1 is 0.941 bits per heavy atom. The maximum atomic E-state index is 12.9. The first kappa shape index (κ1) is 25.2. The SMILES string of the molecule is CO[C@H](C)[C@H](NC(=O)OCC1c2ccccc2-c2ccccc21)C(=O)N[C@@H](CC(=O)O)C(C)C. The molecule has 8 nitrogen and oxygen atoms in total. The summed E-state index contributed by atoms with van der Waals surface area (Å²) in [6.07, 6.45) is -1.62. The van der Waals surface area contributed by atoms with Gasteiger partial charge >= 0.3 is 12.1 Å². The molecule has 0 bridgehead atoms. The van der Waals surface area contributed by atoms with Crippen LogP contribution in [-0.2, 0) is 19.1 Å². The highest BCUT2D eigenvalue weighted by Crippen LogP contribution is 2.44. The molecule has 0 spiro atoms. The van der Waals surface area contributed by atoms with Crippen LogP contribution in [0.2, 0.25) is 0 Å². The molecule has 182 valence electrons. The average molecular weight is 469 g/mol. The van der Waals surface area contributed by atoms with E-state index in [1.165, 1.54) is 7.11 Å². The van der Waals surface area contributed by atoms with Crippen LogP contribution in [0.3, 0.4) is 0 Å². The van der Waals surface area contributed by atoms with Crippen LogP contribution in [-0.4, -0.2) is 55.0 Å². The van der Waals surface area contributed by atoms with Gasteiger partial charge in [0, 0.05) is 19.1 Å². The molecule has 3 N–H and O–H groups in total. The summed E-state index contributed by atoms with van der Waals surface area (Å²) in [7, 11) is 1.43. The predicted molar refractivity (Wildman–Crippen MR) is 127 cm³/mol. The van der Waals surface area contributed by atoms with Crippen LogP contribution < -0.4 is 10.6 Å². The van der Waals surface area contributed by atoms with E-state index in [1.54, 1.807) is 6.92 Å². The van der Waals surface area contributed by atoms with Gasteiger partial charge in [0.15, 0.2) is 0 Å². The molecule has 0 radical (unpaired) electrons. The van der Waals surface area contributed by atoms with Crippen molar-refractivity contribution in [2.24, 2.45) is 5.92 Å². The number of ether oxygens (including phenoxy) is 2. The summed E-state index contributed by atoms with van der Waals surface area (Å²) in [6.45, 7) is 5.40. The Morgan fingerprint density at radius 3 is 2.00 bits per heavy atom. The lowest BCUT2D eigenvalue weighted by Crippen LogP contribution is -2.56. The summed E-state index contributed by atoms with van der Waals surface area (Å²) in [5, 5.41) is 14.4. The standard InChI is InChI=1S/C26H32N2O6/c1-15(2)22(13-23(29)30)27-25(31)24(16(3)33-4)28-26(32)34-14-21-19-11-7-5-9-17(19)18-10-6-8-12-20(18)21/h5-12,15-16,21-22,24H,13-14H2,1-4H3,(H,27,31)(H,28,32)(H,29,30)/t16-,22+,24+/m1/s1. The Hall–Kier alpha value is -3.39. The monoisotopic (exact) mass is 468 g/mol. The summed E-state index contributed by atoms with van der Waals surface area (Å²) in [5.41, 5.74) is 4.42. The number of fused-ring (bicyclic) bond motifs is 3. The molecule has 34 heavy (non-hydrogen) atoms. The molecule has 0 aliphatic heterocycles. The van der Waals surface area contributed by atoms with Crippen LogP contribution in [0.25, 0.3) is 11.1 Å². The molecule has 3 atom stereocenters. The van der Waals surface area contributed by atoms with E-state index in [4.69, 9.17) is 14.6 Å². The molecule has 0 saturated heterocycles. The van der Waals surface area contributed by atoms with Gasteiger partial charge in [-0.1, -0.05) is 62.4 Å². The summed E-state index contributed by atoms with van der Waals surface area (Å²) >= 11 is 0. The zero-order valence-electron chi connectivity index (χ0n) is 19.9. The van der Waals surface area contributed by atoms with E-state index >= 15 is 0 Å². The number of carbonyl (C=O) groups excluding carboxylic acids is 2. The highest BCUT2D eigenvalue weighted by Gasteiger charge is 2.32. The van der Waals surface area contributed by atoms with E-state index < -0.39 is 36.2 Å². The first-order valence-corrected chi connectivity index (χ1v) is 11.4. The van der Waals surface area contributed by atoms with E-state index in [1.807, 2.05) is 50.2 Å². The number of hydrogen-bond donors (Lipinski definition) is 3. The Balaban J connectivity index is 1.68. The number of amides is 2. The van der Waals surface area contributed by atoms with Crippen LogP contribution in [0.15, 0.2) is 48.5 Å². The fraction of sp³-hybridized carbons (Fsp3) is 0.423. The van der Waals surface area contributed by atoms with E-state index in [9.17, 15) is 14.4 Å². The summed E-state index contributed by atoms with van der Waals surface area (Å²) in [5.74, 6) is -1.75. The van der Waals surface area contributed by atoms with Gasteiger partial charge in [0.25, 0.3) is 0 Å². The highest BCUT2D eigenvalue weighted by molar-refractivity contribution is 5.87. The number of methoxy groups -OCH3 is 1. The minimum absolute atomic E-state index is 0.104. The molecule has 3 rings (SSSR count). The van der Waals surface area contributed by atoms with Crippen LogP contribution >= 0.6 is 0 Å². The normalized spacial score (nSPS) is 15.1. The van der Waals surface area contributed by atoms with E-state index in [2.05, 4.69) is 22.8 Å². The van der Waals surface area contributed by atoms with Crippen LogP contribution in [0.4, 0.5) is 4.79 Å². The van der Waals surface area contributed by atoms with Gasteiger partial charge in [-0.05, 0) is 35.1 Å². The fourth-order valence-corrected chi connectivity index (χ4v) is 4.21. The van der Waals surface area contributed by atoms with Crippen molar-refractivity contribution in [3.05, 3.63) is 59.7 Å². The molecular formula is C26H32N2O6. The van der Waals surface area contributed by atoms with Gasteiger partial charge in [-0.3, -0.25) is 9.59 Å². The Labute approximate surface area is 199 Å². The number of nitrogens with one attached hydrogen (secondary N) is 2. The average Bonchev–Trinajstić information content (AvgIpc) is 3.13. The molecule has 0 saturated carbocycles. The summed E-state index contributed by atoms with van der Waals surface area (Å²) in [4.78, 5) is 36.8. The lowest BCUT2D eigenvalue weighted by atomic mass is 9.98. The van der Waals surface area contributed by atoms with Gasteiger partial charge in [-0.2, -0.15) is 0 Å². The maximum absolute atomic E-state index is 12.9. The van der Waals surface area contributed by atoms with Gasteiger partial charge < -0.3 is 25.2 Å². The number of carbonyl (C=O) groups is 3. The van der Waals surface area contributed by atoms with Gasteiger partial charge in [0.05, 0.1) is 12.5 Å². The third-order valence-corrected chi connectivity index (χ3v) is 6.27. The first-order chi connectivity index (χ1) is 16.2. The second-order valence-electron chi connectivity index (χ2n) is 8.85. The third kappa shape index (κ3) is 5.75. The molecule has 1 aliphatic carbocycles. The Kier molecular flexibility index (Phi) is 8.28. The number of carboxylic acids is 1. The molecule has 0 heterocycles. The van der Waals surface area contributed by atoms with Crippen molar-refractivity contribution in [1.29, 1.82) is 0 Å². The van der Waals surface area contributed by atoms with E-state index in [0.717, 1.165) is 22.3 Å². The molecule has 0 aromatic heterocycles. The smallest absolute Gasteiger partial charge is 0.407 e. The maximum Gasteiger partial charge on any atom is 0.407 e. The number of benzene rings is 2. The van der Waals surface area contributed by atoms with Crippen molar-refractivity contribution in [2.75, 3.05) is 13.7 Å². The van der Waals surface area contributed by atoms with Crippen molar-refractivity contribution < 1.29 is 29.0 Å². The molecule has 2 amide bonds. The van der Waals surface area contributed by atoms with Crippen molar-refractivity contribution >= 4 is 18.0 Å².